The number of sulfonamides is 1. The molecule has 2 aliphatic rings. The molecule has 38 heavy (non-hydrogen) atoms. The number of hydrogen-bond donors (Lipinski definition) is 0. The van der Waals surface area contributed by atoms with E-state index < -0.39 is 10.0 Å². The molecule has 5 rings (SSSR count). The molecule has 0 aliphatic carbocycles. The van der Waals surface area contributed by atoms with Gasteiger partial charge in [-0.1, -0.05) is 25.2 Å². The Labute approximate surface area is 228 Å². The van der Waals surface area contributed by atoms with Gasteiger partial charge in [0.25, 0.3) is 5.91 Å². The minimum atomic E-state index is -3.62. The van der Waals surface area contributed by atoms with Crippen molar-refractivity contribution < 1.29 is 22.7 Å². The highest BCUT2D eigenvalue weighted by atomic mass is 32.2. The van der Waals surface area contributed by atoms with Crippen molar-refractivity contribution in [3.8, 4) is 5.75 Å². The Hall–Kier alpha value is -2.53. The van der Waals surface area contributed by atoms with Crippen LogP contribution in [0.3, 0.4) is 0 Å². The predicted octanol–water partition coefficient (Wildman–Crippen LogP) is 5.19. The van der Waals surface area contributed by atoms with E-state index in [9.17, 15) is 13.2 Å². The number of thiazole rings is 1. The molecule has 3 heterocycles. The Kier molecular flexibility index (Phi) is 8.04. The zero-order valence-electron chi connectivity index (χ0n) is 22.1. The summed E-state index contributed by atoms with van der Waals surface area (Å²) in [6.07, 6.45) is 2.81. The minimum Gasteiger partial charge on any atom is -0.494 e. The minimum absolute atomic E-state index is 0.0623. The Balaban J connectivity index is 1.41. The summed E-state index contributed by atoms with van der Waals surface area (Å²) in [5, 5.41) is 0.585. The van der Waals surface area contributed by atoms with E-state index in [1.807, 2.05) is 25.1 Å². The van der Waals surface area contributed by atoms with Crippen LogP contribution in [0.4, 0.5) is 5.13 Å². The van der Waals surface area contributed by atoms with Crippen molar-refractivity contribution in [3.63, 3.8) is 0 Å². The van der Waals surface area contributed by atoms with Gasteiger partial charge in [-0.3, -0.25) is 9.69 Å². The second-order valence-corrected chi connectivity index (χ2v) is 13.3. The number of benzene rings is 2. The molecule has 10 heteroatoms. The van der Waals surface area contributed by atoms with Gasteiger partial charge in [-0.2, -0.15) is 4.31 Å². The second-order valence-electron chi connectivity index (χ2n) is 10.4. The number of aromatic nitrogens is 1. The van der Waals surface area contributed by atoms with Gasteiger partial charge in [0.2, 0.25) is 10.0 Å². The van der Waals surface area contributed by atoms with Crippen LogP contribution in [0.2, 0.25) is 0 Å². The molecular weight excluding hydrogens is 522 g/mol. The van der Waals surface area contributed by atoms with Crippen LogP contribution in [-0.4, -0.2) is 62.6 Å². The third kappa shape index (κ3) is 5.73. The summed E-state index contributed by atoms with van der Waals surface area (Å²) < 4.78 is 40.6. The van der Waals surface area contributed by atoms with Gasteiger partial charge in [0.15, 0.2) is 5.13 Å². The molecule has 3 atom stereocenters. The third-order valence-electron chi connectivity index (χ3n) is 7.12. The molecule has 0 N–H and O–H groups in total. The summed E-state index contributed by atoms with van der Waals surface area (Å²) in [7, 11) is -3.62. The maximum absolute atomic E-state index is 13.8. The van der Waals surface area contributed by atoms with Crippen LogP contribution in [0.5, 0.6) is 5.75 Å². The molecule has 0 spiro atoms. The molecule has 3 unspecified atom stereocenters. The number of hydrogen-bond acceptors (Lipinski definition) is 7. The number of anilines is 1. The van der Waals surface area contributed by atoms with Crippen LogP contribution in [0.25, 0.3) is 10.2 Å². The van der Waals surface area contributed by atoms with Crippen LogP contribution in [0, 0.1) is 11.8 Å². The van der Waals surface area contributed by atoms with E-state index in [1.165, 1.54) is 11.3 Å². The smallest absolute Gasteiger partial charge is 0.260 e. The monoisotopic (exact) mass is 557 g/mol. The van der Waals surface area contributed by atoms with Crippen LogP contribution < -0.4 is 9.64 Å². The Bertz CT molecular complexity index is 1370. The molecule has 1 amide bonds. The molecule has 3 aromatic rings. The molecule has 1 aromatic heterocycles. The molecule has 8 nitrogen and oxygen atoms in total. The van der Waals surface area contributed by atoms with Gasteiger partial charge in [-0.05, 0) is 80.5 Å². The number of piperidine rings is 1. The lowest BCUT2D eigenvalue weighted by atomic mass is 9.94. The third-order valence-corrected chi connectivity index (χ3v) is 10.0. The number of amides is 1. The first-order valence-corrected chi connectivity index (χ1v) is 15.6. The van der Waals surface area contributed by atoms with Gasteiger partial charge < -0.3 is 9.47 Å². The Morgan fingerprint density at radius 3 is 2.55 bits per heavy atom. The molecule has 204 valence electrons. The average molecular weight is 558 g/mol. The van der Waals surface area contributed by atoms with Gasteiger partial charge in [0.05, 0.1) is 34.4 Å². The highest BCUT2D eigenvalue weighted by Crippen LogP contribution is 2.33. The van der Waals surface area contributed by atoms with E-state index in [-0.39, 0.29) is 16.9 Å². The summed E-state index contributed by atoms with van der Waals surface area (Å²) in [5.41, 5.74) is 1.21. The van der Waals surface area contributed by atoms with Crippen molar-refractivity contribution in [2.45, 2.75) is 51.0 Å². The van der Waals surface area contributed by atoms with Crippen molar-refractivity contribution in [1.82, 2.24) is 9.29 Å². The fraction of sp³-hybridized carbons (Fsp3) is 0.500. The van der Waals surface area contributed by atoms with Crippen molar-refractivity contribution in [1.29, 1.82) is 0 Å². The fourth-order valence-electron chi connectivity index (χ4n) is 5.38. The van der Waals surface area contributed by atoms with Crippen molar-refractivity contribution >= 4 is 42.6 Å². The molecule has 2 aromatic carbocycles. The number of ether oxygens (including phenoxy) is 2. The fourth-order valence-corrected chi connectivity index (χ4v) is 8.06. The largest absolute Gasteiger partial charge is 0.494 e. The van der Waals surface area contributed by atoms with Crippen molar-refractivity contribution in [3.05, 3.63) is 48.0 Å². The number of carbonyl (C=O) groups excluding carboxylic acids is 1. The van der Waals surface area contributed by atoms with Crippen LogP contribution >= 0.6 is 11.3 Å². The first-order chi connectivity index (χ1) is 18.2. The first kappa shape index (κ1) is 27.1. The lowest BCUT2D eigenvalue weighted by Crippen LogP contribution is -2.42. The number of carbonyl (C=O) groups is 1. The Morgan fingerprint density at radius 2 is 1.89 bits per heavy atom. The number of rotatable bonds is 8. The first-order valence-electron chi connectivity index (χ1n) is 13.3. The molecule has 0 radical (unpaired) electrons. The summed E-state index contributed by atoms with van der Waals surface area (Å²) in [6, 6.07) is 12.0. The van der Waals surface area contributed by atoms with E-state index in [0.717, 1.165) is 35.2 Å². The zero-order chi connectivity index (χ0) is 26.9. The van der Waals surface area contributed by atoms with Crippen LogP contribution in [0.15, 0.2) is 47.4 Å². The maximum Gasteiger partial charge on any atom is 0.260 e. The summed E-state index contributed by atoms with van der Waals surface area (Å²) >= 11 is 1.43. The molecular formula is C28H35N3O5S2. The number of fused-ring (bicyclic) bond motifs is 1. The Morgan fingerprint density at radius 1 is 1.16 bits per heavy atom. The van der Waals surface area contributed by atoms with Gasteiger partial charge in [-0.15, -0.1) is 0 Å². The molecule has 0 saturated carbocycles. The lowest BCUT2D eigenvalue weighted by molar-refractivity contribution is 0.0917. The zero-order valence-corrected chi connectivity index (χ0v) is 23.8. The van der Waals surface area contributed by atoms with Crippen molar-refractivity contribution in [2.75, 3.05) is 37.7 Å². The maximum atomic E-state index is 13.8. The van der Waals surface area contributed by atoms with E-state index in [0.29, 0.717) is 55.4 Å². The highest BCUT2D eigenvalue weighted by molar-refractivity contribution is 7.89. The lowest BCUT2D eigenvalue weighted by Gasteiger charge is -2.34. The quantitative estimate of drug-likeness (QED) is 0.379. The van der Waals surface area contributed by atoms with Gasteiger partial charge in [0, 0.05) is 25.3 Å². The van der Waals surface area contributed by atoms with E-state index in [1.54, 1.807) is 33.5 Å². The van der Waals surface area contributed by atoms with Gasteiger partial charge >= 0.3 is 0 Å². The average Bonchev–Trinajstić information content (AvgIpc) is 3.56. The number of nitrogens with zero attached hydrogens (tertiary/aromatic N) is 3. The van der Waals surface area contributed by atoms with Crippen molar-refractivity contribution in [2.24, 2.45) is 11.8 Å². The summed E-state index contributed by atoms with van der Waals surface area (Å²) in [5.74, 6) is 1.17. The van der Waals surface area contributed by atoms with Crippen LogP contribution in [0.1, 0.15) is 50.4 Å². The molecule has 2 fully saturated rings. The summed E-state index contributed by atoms with van der Waals surface area (Å²) in [6.45, 7) is 8.79. The van der Waals surface area contributed by atoms with Gasteiger partial charge in [-0.25, -0.2) is 13.4 Å². The predicted molar refractivity (Wildman–Crippen MR) is 150 cm³/mol. The second kappa shape index (κ2) is 11.3. The molecule has 2 saturated heterocycles. The van der Waals surface area contributed by atoms with Gasteiger partial charge in [0.1, 0.15) is 5.75 Å². The highest BCUT2D eigenvalue weighted by Gasteiger charge is 2.32. The standard InChI is InChI=1S/C28H35N3O5S2/c1-4-35-22-9-12-25-26(15-22)37-28(29-25)31(18-23-6-5-13-36-23)27(32)21-7-10-24(11-8-21)38(33,34)30-16-19(2)14-20(3)17-30/h7-12,15,19-20,23H,4-6,13-14,16-18H2,1-3H3. The van der Waals surface area contributed by atoms with Crippen LogP contribution in [-0.2, 0) is 14.8 Å². The molecule has 2 aliphatic heterocycles. The SMILES string of the molecule is CCOc1ccc2nc(N(CC3CCCO3)C(=O)c3ccc(S(=O)(=O)N4CC(C)CC(C)C4)cc3)sc2c1. The molecule has 0 bridgehead atoms. The summed E-state index contributed by atoms with van der Waals surface area (Å²) in [4.78, 5) is 20.4. The van der Waals surface area contributed by atoms with E-state index >= 15 is 0 Å². The normalized spacial score (nSPS) is 22.6. The van der Waals surface area contributed by atoms with E-state index in [2.05, 4.69) is 13.8 Å². The topological polar surface area (TPSA) is 89.0 Å². The van der Waals surface area contributed by atoms with E-state index in [4.69, 9.17) is 14.5 Å².